The Kier molecular flexibility index (Phi) is 4.16. The predicted molar refractivity (Wildman–Crippen MR) is 77.2 cm³/mol. The Morgan fingerprint density at radius 1 is 1.21 bits per heavy atom. The van der Waals surface area contributed by atoms with Crippen LogP contribution in [0.25, 0.3) is 11.2 Å². The van der Waals surface area contributed by atoms with Crippen molar-refractivity contribution in [1.29, 1.82) is 0 Å². The third-order valence-electron chi connectivity index (χ3n) is 2.89. The minimum atomic E-state index is 0.264. The zero-order valence-electron chi connectivity index (χ0n) is 11.7. The number of aromatic nitrogens is 4. The average molecular weight is 263 g/mol. The Morgan fingerprint density at radius 2 is 2.00 bits per heavy atom. The van der Waals surface area contributed by atoms with Crippen LogP contribution in [0.1, 0.15) is 13.3 Å². The smallest absolute Gasteiger partial charge is 0.224 e. The van der Waals surface area contributed by atoms with Crippen LogP contribution < -0.4 is 10.6 Å². The number of fused-ring (bicyclic) bond motifs is 1. The summed E-state index contributed by atoms with van der Waals surface area (Å²) in [6, 6.07) is 0. The van der Waals surface area contributed by atoms with Gasteiger partial charge in [0.2, 0.25) is 5.95 Å². The lowest BCUT2D eigenvalue weighted by Gasteiger charge is -2.25. The van der Waals surface area contributed by atoms with Crippen LogP contribution in [-0.2, 0) is 0 Å². The number of imidazole rings is 1. The van der Waals surface area contributed by atoms with Crippen molar-refractivity contribution in [2.45, 2.75) is 13.3 Å². The van der Waals surface area contributed by atoms with Crippen molar-refractivity contribution >= 4 is 22.9 Å². The van der Waals surface area contributed by atoms with Gasteiger partial charge in [0.05, 0.1) is 6.33 Å². The first-order valence-electron chi connectivity index (χ1n) is 6.48. The fourth-order valence-electron chi connectivity index (χ4n) is 1.98. The van der Waals surface area contributed by atoms with Gasteiger partial charge in [-0.3, -0.25) is 0 Å². The number of hydrogen-bond acceptors (Lipinski definition) is 6. The first kappa shape index (κ1) is 13.5. The van der Waals surface area contributed by atoms with Gasteiger partial charge in [-0.1, -0.05) is 6.92 Å². The molecule has 3 N–H and O–H groups in total. The minimum Gasteiger partial charge on any atom is -0.368 e. The van der Waals surface area contributed by atoms with Crippen LogP contribution in [0, 0.1) is 0 Å². The topological polar surface area (TPSA) is 87.0 Å². The number of nitrogens with two attached hydrogens (primary N) is 1. The number of hydrogen-bond donors (Lipinski definition) is 2. The van der Waals surface area contributed by atoms with Crippen LogP contribution >= 0.6 is 0 Å². The summed E-state index contributed by atoms with van der Waals surface area (Å²) < 4.78 is 0. The molecule has 0 saturated carbocycles. The maximum absolute atomic E-state index is 5.76. The van der Waals surface area contributed by atoms with Gasteiger partial charge in [0.1, 0.15) is 5.52 Å². The van der Waals surface area contributed by atoms with Crippen LogP contribution in [0.5, 0.6) is 0 Å². The van der Waals surface area contributed by atoms with Crippen LogP contribution in [-0.4, -0.2) is 58.6 Å². The highest BCUT2D eigenvalue weighted by molar-refractivity contribution is 5.84. The zero-order valence-corrected chi connectivity index (χ0v) is 11.7. The van der Waals surface area contributed by atoms with Gasteiger partial charge in [-0.25, -0.2) is 4.98 Å². The zero-order chi connectivity index (χ0) is 13.8. The van der Waals surface area contributed by atoms with Crippen molar-refractivity contribution in [3.05, 3.63) is 6.33 Å². The minimum absolute atomic E-state index is 0.264. The maximum Gasteiger partial charge on any atom is 0.224 e. The summed E-state index contributed by atoms with van der Waals surface area (Å²) >= 11 is 0. The van der Waals surface area contributed by atoms with Crippen molar-refractivity contribution in [2.75, 3.05) is 44.4 Å². The molecule has 2 heterocycles. The van der Waals surface area contributed by atoms with Crippen LogP contribution in [0.3, 0.4) is 0 Å². The molecule has 2 rings (SSSR count). The molecule has 0 aromatic carbocycles. The standard InChI is InChI=1S/C12H21N7/c1-4-5-19(7-6-18(2)3)11-9-10(15-8-14-9)16-12(13)17-11/h8H,4-7H2,1-3H3,(H3,13,14,15,16,17). The van der Waals surface area contributed by atoms with Gasteiger partial charge in [-0.05, 0) is 20.5 Å². The van der Waals surface area contributed by atoms with E-state index in [9.17, 15) is 0 Å². The van der Waals surface area contributed by atoms with Crippen molar-refractivity contribution in [3.8, 4) is 0 Å². The van der Waals surface area contributed by atoms with E-state index in [-0.39, 0.29) is 5.95 Å². The molecule has 0 amide bonds. The van der Waals surface area contributed by atoms with Gasteiger partial charge in [0.15, 0.2) is 11.5 Å². The van der Waals surface area contributed by atoms with Gasteiger partial charge in [0.25, 0.3) is 0 Å². The molecule has 0 aliphatic carbocycles. The normalized spacial score (nSPS) is 11.4. The Hall–Kier alpha value is -1.89. The third-order valence-corrected chi connectivity index (χ3v) is 2.89. The molecular formula is C12H21N7. The Morgan fingerprint density at radius 3 is 2.68 bits per heavy atom. The fraction of sp³-hybridized carbons (Fsp3) is 0.583. The van der Waals surface area contributed by atoms with Crippen LogP contribution in [0.2, 0.25) is 0 Å². The lowest BCUT2D eigenvalue weighted by molar-refractivity contribution is 0.412. The number of aromatic amines is 1. The lowest BCUT2D eigenvalue weighted by atomic mass is 10.3. The Balaban J connectivity index is 2.34. The van der Waals surface area contributed by atoms with Crippen molar-refractivity contribution < 1.29 is 0 Å². The van der Waals surface area contributed by atoms with Crippen molar-refractivity contribution in [1.82, 2.24) is 24.8 Å². The van der Waals surface area contributed by atoms with Crippen molar-refractivity contribution in [3.63, 3.8) is 0 Å². The van der Waals surface area contributed by atoms with E-state index in [1.165, 1.54) is 0 Å². The van der Waals surface area contributed by atoms with E-state index in [4.69, 9.17) is 5.73 Å². The number of rotatable bonds is 6. The summed E-state index contributed by atoms with van der Waals surface area (Å²) in [5, 5.41) is 0. The summed E-state index contributed by atoms with van der Waals surface area (Å²) in [5.41, 5.74) is 7.23. The van der Waals surface area contributed by atoms with E-state index in [0.29, 0.717) is 5.65 Å². The van der Waals surface area contributed by atoms with Gasteiger partial charge < -0.3 is 20.5 Å². The number of nitrogen functional groups attached to an aromatic ring is 1. The molecular weight excluding hydrogens is 242 g/mol. The molecule has 0 aliphatic rings. The van der Waals surface area contributed by atoms with Crippen LogP contribution in [0.15, 0.2) is 6.33 Å². The number of likely N-dealkylation sites (N-methyl/N-ethyl adjacent to an activating group) is 1. The summed E-state index contributed by atoms with van der Waals surface area (Å²) in [6.45, 7) is 4.93. The van der Waals surface area contributed by atoms with Gasteiger partial charge in [-0.2, -0.15) is 9.97 Å². The quantitative estimate of drug-likeness (QED) is 0.798. The summed E-state index contributed by atoms with van der Waals surface area (Å²) in [7, 11) is 4.12. The molecule has 0 bridgehead atoms. The molecule has 0 unspecified atom stereocenters. The Labute approximate surface area is 112 Å². The van der Waals surface area contributed by atoms with E-state index in [1.54, 1.807) is 6.33 Å². The van der Waals surface area contributed by atoms with E-state index in [2.05, 4.69) is 50.8 Å². The van der Waals surface area contributed by atoms with Crippen LogP contribution in [0.4, 0.5) is 11.8 Å². The van der Waals surface area contributed by atoms with Crippen molar-refractivity contribution in [2.24, 2.45) is 0 Å². The average Bonchev–Trinajstić information content (AvgIpc) is 2.81. The first-order chi connectivity index (χ1) is 9.11. The molecule has 19 heavy (non-hydrogen) atoms. The van der Waals surface area contributed by atoms with E-state index in [1.807, 2.05) is 0 Å². The van der Waals surface area contributed by atoms with Gasteiger partial charge >= 0.3 is 0 Å². The number of anilines is 2. The van der Waals surface area contributed by atoms with Gasteiger partial charge in [-0.15, -0.1) is 0 Å². The predicted octanol–water partition coefficient (Wildman–Crippen LogP) is 0.713. The van der Waals surface area contributed by atoms with Gasteiger partial charge in [0, 0.05) is 19.6 Å². The molecule has 0 saturated heterocycles. The molecule has 7 nitrogen and oxygen atoms in total. The second kappa shape index (κ2) is 5.83. The fourth-order valence-corrected chi connectivity index (χ4v) is 1.98. The number of H-pyrrole nitrogens is 1. The first-order valence-corrected chi connectivity index (χ1v) is 6.48. The SMILES string of the molecule is CCCN(CCN(C)C)c1nc(N)nc2nc[nH]c12. The summed E-state index contributed by atoms with van der Waals surface area (Å²) in [6.07, 6.45) is 2.67. The highest BCUT2D eigenvalue weighted by atomic mass is 15.2. The monoisotopic (exact) mass is 263 g/mol. The summed E-state index contributed by atoms with van der Waals surface area (Å²) in [5.74, 6) is 1.10. The largest absolute Gasteiger partial charge is 0.368 e. The molecule has 0 spiro atoms. The second-order valence-electron chi connectivity index (χ2n) is 4.80. The number of nitrogens with zero attached hydrogens (tertiary/aromatic N) is 5. The highest BCUT2D eigenvalue weighted by Crippen LogP contribution is 2.21. The maximum atomic E-state index is 5.76. The summed E-state index contributed by atoms with van der Waals surface area (Å²) in [4.78, 5) is 20.1. The molecule has 0 aliphatic heterocycles. The molecule has 0 atom stereocenters. The third kappa shape index (κ3) is 3.11. The molecule has 2 aromatic rings. The molecule has 104 valence electrons. The molecule has 7 heteroatoms. The lowest BCUT2D eigenvalue weighted by Crippen LogP contribution is -2.33. The molecule has 0 radical (unpaired) electrons. The molecule has 2 aromatic heterocycles. The Bertz CT molecular complexity index is 534. The number of nitrogens with one attached hydrogen (secondary N) is 1. The van der Waals surface area contributed by atoms with E-state index in [0.717, 1.165) is 37.4 Å². The second-order valence-corrected chi connectivity index (χ2v) is 4.80. The molecule has 0 fully saturated rings. The highest BCUT2D eigenvalue weighted by Gasteiger charge is 2.15. The van der Waals surface area contributed by atoms with E-state index < -0.39 is 0 Å². The van der Waals surface area contributed by atoms with E-state index >= 15 is 0 Å².